The van der Waals surface area contributed by atoms with E-state index in [9.17, 15) is 19.3 Å². The van der Waals surface area contributed by atoms with Crippen LogP contribution in [0.2, 0.25) is 5.02 Å². The van der Waals surface area contributed by atoms with Crippen LogP contribution in [0.5, 0.6) is 0 Å². The number of benzene rings is 2. The lowest BCUT2D eigenvalue weighted by molar-refractivity contribution is -0.387. The van der Waals surface area contributed by atoms with Gasteiger partial charge in [0.25, 0.3) is 5.69 Å². The van der Waals surface area contributed by atoms with Crippen LogP contribution in [-0.4, -0.2) is 16.0 Å². The molecule has 108 valence electrons. The normalized spacial score (nSPS) is 10.4. The summed E-state index contributed by atoms with van der Waals surface area (Å²) in [6.07, 6.45) is 0. The van der Waals surface area contributed by atoms with Crippen molar-refractivity contribution in [2.24, 2.45) is 0 Å². The van der Waals surface area contributed by atoms with Crippen LogP contribution in [0.1, 0.15) is 10.4 Å². The summed E-state index contributed by atoms with van der Waals surface area (Å²) in [6.45, 7) is 0. The summed E-state index contributed by atoms with van der Waals surface area (Å²) in [7, 11) is 0. The number of aromatic carboxylic acids is 1. The van der Waals surface area contributed by atoms with E-state index in [2.05, 4.69) is 0 Å². The zero-order chi connectivity index (χ0) is 15.6. The molecule has 0 saturated carbocycles. The van der Waals surface area contributed by atoms with Gasteiger partial charge in [0, 0.05) is 9.92 Å². The van der Waals surface area contributed by atoms with E-state index in [4.69, 9.17) is 16.7 Å². The lowest BCUT2D eigenvalue weighted by atomic mass is 10.2. The average Bonchev–Trinajstić information content (AvgIpc) is 2.42. The van der Waals surface area contributed by atoms with E-state index in [1.165, 1.54) is 0 Å². The van der Waals surface area contributed by atoms with Crippen molar-refractivity contribution in [2.45, 2.75) is 9.79 Å². The SMILES string of the molecule is O=C(O)c1cc(Sc2ccc(Cl)cc2)c([N+](=O)[O-])cc1F. The standard InChI is InChI=1S/C13H7ClFNO4S/c14-7-1-3-8(4-2-7)21-12-5-9(13(17)18)10(15)6-11(12)16(19)20/h1-6H,(H,17,18). The quantitative estimate of drug-likeness (QED) is 0.671. The van der Waals surface area contributed by atoms with Crippen LogP contribution in [0.25, 0.3) is 0 Å². The maximum Gasteiger partial charge on any atom is 0.338 e. The molecule has 0 aliphatic carbocycles. The summed E-state index contributed by atoms with van der Waals surface area (Å²) in [5.41, 5.74) is -1.10. The van der Waals surface area contributed by atoms with Gasteiger partial charge in [0.1, 0.15) is 5.82 Å². The van der Waals surface area contributed by atoms with Crippen molar-refractivity contribution in [1.82, 2.24) is 0 Å². The van der Waals surface area contributed by atoms with Crippen LogP contribution < -0.4 is 0 Å². The highest BCUT2D eigenvalue weighted by Crippen LogP contribution is 2.36. The van der Waals surface area contributed by atoms with Crippen molar-refractivity contribution in [3.63, 3.8) is 0 Å². The fourth-order valence-electron chi connectivity index (χ4n) is 1.56. The van der Waals surface area contributed by atoms with Crippen LogP contribution >= 0.6 is 23.4 Å². The minimum atomic E-state index is -1.49. The van der Waals surface area contributed by atoms with Crippen molar-refractivity contribution >= 4 is 35.0 Å². The largest absolute Gasteiger partial charge is 0.478 e. The average molecular weight is 328 g/mol. The van der Waals surface area contributed by atoms with E-state index < -0.39 is 28.0 Å². The topological polar surface area (TPSA) is 80.4 Å². The van der Waals surface area contributed by atoms with Gasteiger partial charge >= 0.3 is 5.97 Å². The summed E-state index contributed by atoms with van der Waals surface area (Å²) < 4.78 is 13.5. The summed E-state index contributed by atoms with van der Waals surface area (Å²) in [5, 5.41) is 20.3. The molecular formula is C13H7ClFNO4S. The number of nitro groups is 1. The van der Waals surface area contributed by atoms with Gasteiger partial charge in [-0.2, -0.15) is 0 Å². The smallest absolute Gasteiger partial charge is 0.338 e. The monoisotopic (exact) mass is 327 g/mol. The molecule has 21 heavy (non-hydrogen) atoms. The molecule has 0 saturated heterocycles. The van der Waals surface area contributed by atoms with Gasteiger partial charge in [-0.15, -0.1) is 0 Å². The Balaban J connectivity index is 2.49. The molecule has 0 aliphatic heterocycles. The van der Waals surface area contributed by atoms with Crippen molar-refractivity contribution in [3.8, 4) is 0 Å². The zero-order valence-electron chi connectivity index (χ0n) is 10.2. The second-order valence-electron chi connectivity index (χ2n) is 3.92. The van der Waals surface area contributed by atoms with Crippen molar-refractivity contribution in [2.75, 3.05) is 0 Å². The Morgan fingerprint density at radius 1 is 1.29 bits per heavy atom. The molecule has 2 aromatic rings. The molecule has 0 aromatic heterocycles. The fourth-order valence-corrected chi connectivity index (χ4v) is 2.63. The van der Waals surface area contributed by atoms with E-state index >= 15 is 0 Å². The van der Waals surface area contributed by atoms with Gasteiger partial charge in [0.2, 0.25) is 0 Å². The predicted octanol–water partition coefficient (Wildman–Crippen LogP) is 4.24. The Labute approximate surface area is 127 Å². The molecule has 0 fully saturated rings. The molecule has 8 heteroatoms. The second-order valence-corrected chi connectivity index (χ2v) is 5.47. The fraction of sp³-hybridized carbons (Fsp3) is 0. The summed E-state index contributed by atoms with van der Waals surface area (Å²) in [4.78, 5) is 21.8. The number of carboxylic acid groups (broad SMARTS) is 1. The number of hydrogen-bond donors (Lipinski definition) is 1. The Bertz CT molecular complexity index is 721. The second kappa shape index (κ2) is 6.11. The molecule has 0 bridgehead atoms. The number of rotatable bonds is 4. The van der Waals surface area contributed by atoms with Gasteiger partial charge in [-0.25, -0.2) is 9.18 Å². The molecule has 0 spiro atoms. The Morgan fingerprint density at radius 3 is 2.43 bits per heavy atom. The first kappa shape index (κ1) is 15.3. The van der Waals surface area contributed by atoms with Gasteiger partial charge in [-0.05, 0) is 30.3 Å². The van der Waals surface area contributed by atoms with Gasteiger partial charge in [-0.3, -0.25) is 10.1 Å². The molecule has 2 rings (SSSR count). The van der Waals surface area contributed by atoms with Crippen LogP contribution in [0.3, 0.4) is 0 Å². The first-order valence-corrected chi connectivity index (χ1v) is 6.72. The highest BCUT2D eigenvalue weighted by atomic mass is 35.5. The molecule has 0 unspecified atom stereocenters. The van der Waals surface area contributed by atoms with Gasteiger partial charge in [-0.1, -0.05) is 23.4 Å². The molecule has 0 atom stereocenters. The van der Waals surface area contributed by atoms with Crippen LogP contribution in [0.4, 0.5) is 10.1 Å². The third kappa shape index (κ3) is 3.50. The molecule has 1 N–H and O–H groups in total. The summed E-state index contributed by atoms with van der Waals surface area (Å²) >= 11 is 6.70. The lowest BCUT2D eigenvalue weighted by Crippen LogP contribution is -2.03. The molecule has 0 amide bonds. The zero-order valence-corrected chi connectivity index (χ0v) is 11.8. The van der Waals surface area contributed by atoms with Crippen molar-refractivity contribution in [1.29, 1.82) is 0 Å². The Morgan fingerprint density at radius 2 is 1.90 bits per heavy atom. The van der Waals surface area contributed by atoms with Crippen molar-refractivity contribution in [3.05, 3.63) is 62.9 Å². The third-order valence-corrected chi connectivity index (χ3v) is 3.82. The van der Waals surface area contributed by atoms with Crippen LogP contribution in [0, 0.1) is 15.9 Å². The Kier molecular flexibility index (Phi) is 4.44. The number of halogens is 2. The molecule has 0 heterocycles. The third-order valence-electron chi connectivity index (χ3n) is 2.52. The molecule has 0 radical (unpaired) electrons. The van der Waals surface area contributed by atoms with E-state index in [1.807, 2.05) is 0 Å². The van der Waals surface area contributed by atoms with Crippen LogP contribution in [-0.2, 0) is 0 Å². The summed E-state index contributed by atoms with van der Waals surface area (Å²) in [5.74, 6) is -2.63. The highest BCUT2D eigenvalue weighted by Gasteiger charge is 2.22. The minimum Gasteiger partial charge on any atom is -0.478 e. The molecular weight excluding hydrogens is 321 g/mol. The molecule has 0 aliphatic rings. The number of nitro benzene ring substituents is 1. The van der Waals surface area contributed by atoms with Gasteiger partial charge in [0.15, 0.2) is 0 Å². The maximum atomic E-state index is 13.5. The number of carboxylic acids is 1. The van der Waals surface area contributed by atoms with E-state index in [-0.39, 0.29) is 4.90 Å². The van der Waals surface area contributed by atoms with Gasteiger partial charge < -0.3 is 5.11 Å². The number of hydrogen-bond acceptors (Lipinski definition) is 4. The number of nitrogens with zero attached hydrogens (tertiary/aromatic N) is 1. The predicted molar refractivity (Wildman–Crippen MR) is 75.6 cm³/mol. The molecule has 2 aromatic carbocycles. The lowest BCUT2D eigenvalue weighted by Gasteiger charge is -2.05. The van der Waals surface area contributed by atoms with E-state index in [1.54, 1.807) is 24.3 Å². The first-order chi connectivity index (χ1) is 9.88. The van der Waals surface area contributed by atoms with Crippen molar-refractivity contribution < 1.29 is 19.2 Å². The van der Waals surface area contributed by atoms with E-state index in [0.717, 1.165) is 17.8 Å². The Hall–Kier alpha value is -2.12. The van der Waals surface area contributed by atoms with Crippen LogP contribution in [0.15, 0.2) is 46.2 Å². The highest BCUT2D eigenvalue weighted by molar-refractivity contribution is 7.99. The number of carbonyl (C=O) groups is 1. The van der Waals surface area contributed by atoms with Gasteiger partial charge in [0.05, 0.1) is 21.4 Å². The van der Waals surface area contributed by atoms with E-state index in [0.29, 0.717) is 16.0 Å². The summed E-state index contributed by atoms with van der Waals surface area (Å²) in [6, 6.07) is 8.01. The molecule has 5 nitrogen and oxygen atoms in total. The maximum absolute atomic E-state index is 13.5. The first-order valence-electron chi connectivity index (χ1n) is 5.53. The minimum absolute atomic E-state index is 0.0427.